The molecule has 1 aromatic carbocycles. The second-order valence-corrected chi connectivity index (χ2v) is 5.37. The summed E-state index contributed by atoms with van der Waals surface area (Å²) in [6.07, 6.45) is 2.96. The van der Waals surface area contributed by atoms with Gasteiger partial charge in [-0.3, -0.25) is 0 Å². The van der Waals surface area contributed by atoms with Crippen molar-refractivity contribution in [3.63, 3.8) is 0 Å². The quantitative estimate of drug-likeness (QED) is 0.894. The van der Waals surface area contributed by atoms with Gasteiger partial charge in [0.05, 0.1) is 6.10 Å². The zero-order valence-electron chi connectivity index (χ0n) is 9.49. The van der Waals surface area contributed by atoms with E-state index in [0.717, 1.165) is 23.7 Å². The number of rotatable bonds is 3. The van der Waals surface area contributed by atoms with Gasteiger partial charge in [-0.05, 0) is 37.8 Å². The van der Waals surface area contributed by atoms with Crippen LogP contribution in [0.25, 0.3) is 0 Å². The molecule has 0 aliphatic heterocycles. The number of aliphatic hydroxyl groups excluding tert-OH is 1. The third-order valence-corrected chi connectivity index (χ3v) is 4.04. The van der Waals surface area contributed by atoms with Crippen molar-refractivity contribution < 1.29 is 5.11 Å². The van der Waals surface area contributed by atoms with Gasteiger partial charge >= 0.3 is 0 Å². The lowest BCUT2D eigenvalue weighted by Crippen LogP contribution is -2.37. The minimum atomic E-state index is -0.176. The molecule has 0 unspecified atom stereocenters. The zero-order valence-corrected chi connectivity index (χ0v) is 11.1. The van der Waals surface area contributed by atoms with Crippen LogP contribution in [0, 0.1) is 0 Å². The molecule has 0 saturated heterocycles. The number of hydrogen-bond donors (Lipinski definition) is 2. The van der Waals surface area contributed by atoms with E-state index in [-0.39, 0.29) is 18.2 Å². The fourth-order valence-electron chi connectivity index (χ4n) is 2.37. The van der Waals surface area contributed by atoms with Gasteiger partial charge in [-0.1, -0.05) is 34.1 Å². The predicted octanol–water partition coefficient (Wildman–Crippen LogP) is 3.01. The van der Waals surface area contributed by atoms with E-state index in [9.17, 15) is 5.11 Å². The molecular formula is C13H18BrNO. The summed E-state index contributed by atoms with van der Waals surface area (Å²) in [5, 5.41) is 13.3. The van der Waals surface area contributed by atoms with E-state index in [0.29, 0.717) is 0 Å². The average molecular weight is 284 g/mol. The fourth-order valence-corrected chi connectivity index (χ4v) is 3.00. The third-order valence-electron chi connectivity index (χ3n) is 3.32. The van der Waals surface area contributed by atoms with Gasteiger partial charge in [0.15, 0.2) is 0 Å². The van der Waals surface area contributed by atoms with E-state index in [1.54, 1.807) is 0 Å². The van der Waals surface area contributed by atoms with Crippen LogP contribution in [0.15, 0.2) is 28.7 Å². The van der Waals surface area contributed by atoms with Gasteiger partial charge in [-0.25, -0.2) is 0 Å². The van der Waals surface area contributed by atoms with Crippen LogP contribution in [0.3, 0.4) is 0 Å². The predicted molar refractivity (Wildman–Crippen MR) is 69.3 cm³/mol. The summed E-state index contributed by atoms with van der Waals surface area (Å²) in [4.78, 5) is 0. The molecule has 0 radical (unpaired) electrons. The maximum atomic E-state index is 9.78. The zero-order chi connectivity index (χ0) is 11.5. The van der Waals surface area contributed by atoms with Crippen LogP contribution in [-0.2, 0) is 0 Å². The number of benzene rings is 1. The Hall–Kier alpha value is -0.380. The molecule has 2 nitrogen and oxygen atoms in total. The number of halogens is 1. The molecule has 2 N–H and O–H groups in total. The highest BCUT2D eigenvalue weighted by molar-refractivity contribution is 9.10. The van der Waals surface area contributed by atoms with Gasteiger partial charge in [0.2, 0.25) is 0 Å². The Bertz CT molecular complexity index is 356. The minimum absolute atomic E-state index is 0.176. The first-order chi connectivity index (χ1) is 7.68. The van der Waals surface area contributed by atoms with Crippen molar-refractivity contribution in [2.45, 2.75) is 44.4 Å². The van der Waals surface area contributed by atoms with Crippen molar-refractivity contribution in [1.82, 2.24) is 5.32 Å². The second kappa shape index (κ2) is 5.30. The highest BCUT2D eigenvalue weighted by Crippen LogP contribution is 2.26. The van der Waals surface area contributed by atoms with Gasteiger partial charge in [0.1, 0.15) is 0 Å². The lowest BCUT2D eigenvalue weighted by atomic mass is 10.1. The second-order valence-electron chi connectivity index (χ2n) is 4.51. The van der Waals surface area contributed by atoms with Crippen molar-refractivity contribution in [3.8, 4) is 0 Å². The molecule has 88 valence electrons. The van der Waals surface area contributed by atoms with Crippen LogP contribution < -0.4 is 5.32 Å². The van der Waals surface area contributed by atoms with E-state index < -0.39 is 0 Å². The summed E-state index contributed by atoms with van der Waals surface area (Å²) in [5.74, 6) is 0. The van der Waals surface area contributed by atoms with E-state index >= 15 is 0 Å². The maximum absolute atomic E-state index is 9.78. The molecule has 0 heterocycles. The van der Waals surface area contributed by atoms with Crippen LogP contribution in [0.2, 0.25) is 0 Å². The molecule has 1 fully saturated rings. The van der Waals surface area contributed by atoms with Crippen LogP contribution in [-0.4, -0.2) is 17.3 Å². The van der Waals surface area contributed by atoms with Crippen molar-refractivity contribution >= 4 is 15.9 Å². The maximum Gasteiger partial charge on any atom is 0.0693 e. The molecule has 1 aromatic rings. The highest BCUT2D eigenvalue weighted by atomic mass is 79.9. The van der Waals surface area contributed by atoms with E-state index in [1.807, 2.05) is 12.1 Å². The fraction of sp³-hybridized carbons (Fsp3) is 0.538. The van der Waals surface area contributed by atoms with Crippen LogP contribution in [0.1, 0.15) is 37.8 Å². The SMILES string of the molecule is C[C@@H](N[C@H]1CCC[C@@H]1O)c1ccccc1Br. The molecule has 3 atom stereocenters. The Kier molecular flexibility index (Phi) is 4.00. The molecule has 1 aliphatic rings. The third kappa shape index (κ3) is 2.65. The average Bonchev–Trinajstić information content (AvgIpc) is 2.65. The van der Waals surface area contributed by atoms with Gasteiger partial charge in [0.25, 0.3) is 0 Å². The molecule has 0 amide bonds. The first-order valence-electron chi connectivity index (χ1n) is 5.87. The molecular weight excluding hydrogens is 266 g/mol. The van der Waals surface area contributed by atoms with Crippen LogP contribution >= 0.6 is 15.9 Å². The first kappa shape index (κ1) is 12.1. The first-order valence-corrected chi connectivity index (χ1v) is 6.66. The molecule has 2 rings (SSSR count). The minimum Gasteiger partial charge on any atom is -0.392 e. The van der Waals surface area contributed by atoms with E-state index in [1.165, 1.54) is 5.56 Å². The van der Waals surface area contributed by atoms with Gasteiger partial charge < -0.3 is 10.4 Å². The standard InChI is InChI=1S/C13H18BrNO/c1-9(10-5-2-3-6-11(10)14)15-12-7-4-8-13(12)16/h2-3,5-6,9,12-13,15-16H,4,7-8H2,1H3/t9-,12+,13+/m1/s1. The Morgan fingerprint density at radius 1 is 1.38 bits per heavy atom. The summed E-state index contributed by atoms with van der Waals surface area (Å²) < 4.78 is 1.13. The van der Waals surface area contributed by atoms with Crippen molar-refractivity contribution in [3.05, 3.63) is 34.3 Å². The van der Waals surface area contributed by atoms with Crippen LogP contribution in [0.4, 0.5) is 0 Å². The van der Waals surface area contributed by atoms with Gasteiger partial charge in [-0.2, -0.15) is 0 Å². The van der Waals surface area contributed by atoms with Crippen molar-refractivity contribution in [2.75, 3.05) is 0 Å². The molecule has 3 heteroatoms. The van der Waals surface area contributed by atoms with Crippen molar-refractivity contribution in [1.29, 1.82) is 0 Å². The number of nitrogens with one attached hydrogen (secondary N) is 1. The summed E-state index contributed by atoms with van der Waals surface area (Å²) in [7, 11) is 0. The number of hydrogen-bond acceptors (Lipinski definition) is 2. The molecule has 16 heavy (non-hydrogen) atoms. The number of aliphatic hydroxyl groups is 1. The van der Waals surface area contributed by atoms with Gasteiger partial charge in [-0.15, -0.1) is 0 Å². The smallest absolute Gasteiger partial charge is 0.0693 e. The molecule has 1 aliphatic carbocycles. The molecule has 0 aromatic heterocycles. The molecule has 0 spiro atoms. The molecule has 1 saturated carbocycles. The topological polar surface area (TPSA) is 32.3 Å². The normalized spacial score (nSPS) is 26.9. The summed E-state index contributed by atoms with van der Waals surface area (Å²) in [6, 6.07) is 8.76. The Morgan fingerprint density at radius 2 is 2.12 bits per heavy atom. The van der Waals surface area contributed by atoms with Crippen LogP contribution in [0.5, 0.6) is 0 Å². The molecule has 0 bridgehead atoms. The Balaban J connectivity index is 2.03. The Labute approximate surface area is 105 Å². The summed E-state index contributed by atoms with van der Waals surface area (Å²) in [6.45, 7) is 2.14. The van der Waals surface area contributed by atoms with E-state index in [4.69, 9.17) is 0 Å². The van der Waals surface area contributed by atoms with Gasteiger partial charge in [0, 0.05) is 16.6 Å². The largest absolute Gasteiger partial charge is 0.392 e. The lowest BCUT2D eigenvalue weighted by molar-refractivity contribution is 0.144. The summed E-state index contributed by atoms with van der Waals surface area (Å²) in [5.41, 5.74) is 1.25. The van der Waals surface area contributed by atoms with E-state index in [2.05, 4.69) is 40.3 Å². The lowest BCUT2D eigenvalue weighted by Gasteiger charge is -2.23. The highest BCUT2D eigenvalue weighted by Gasteiger charge is 2.26. The Morgan fingerprint density at radius 3 is 2.75 bits per heavy atom. The summed E-state index contributed by atoms with van der Waals surface area (Å²) >= 11 is 3.56. The van der Waals surface area contributed by atoms with Crippen molar-refractivity contribution in [2.24, 2.45) is 0 Å². The monoisotopic (exact) mass is 283 g/mol.